The van der Waals surface area contributed by atoms with Crippen LogP contribution in [0.1, 0.15) is 42.7 Å². The summed E-state index contributed by atoms with van der Waals surface area (Å²) in [5.41, 5.74) is 4.69. The van der Waals surface area contributed by atoms with Gasteiger partial charge in [0.15, 0.2) is 0 Å². The van der Waals surface area contributed by atoms with E-state index < -0.39 is 0 Å². The summed E-state index contributed by atoms with van der Waals surface area (Å²) in [6, 6.07) is 11.5. The number of amides is 1. The monoisotopic (exact) mass is 512 g/mol. The number of phenolic OH excluding ortho intramolecular Hbond substituents is 1. The molecule has 1 aliphatic carbocycles. The van der Waals surface area contributed by atoms with E-state index in [4.69, 9.17) is 11.6 Å². The van der Waals surface area contributed by atoms with Crippen LogP contribution in [0.4, 0.5) is 0 Å². The first-order valence-electron chi connectivity index (χ1n) is 8.70. The Morgan fingerprint density at radius 2 is 1.70 bits per heavy atom. The highest BCUT2D eigenvalue weighted by molar-refractivity contribution is 9.11. The zero-order chi connectivity index (χ0) is 19.4. The molecule has 0 atom stereocenters. The molecule has 142 valence electrons. The maximum absolute atomic E-state index is 12.4. The van der Waals surface area contributed by atoms with Crippen LogP contribution in [-0.2, 0) is 4.79 Å². The van der Waals surface area contributed by atoms with Gasteiger partial charge >= 0.3 is 0 Å². The number of halogens is 3. The first-order chi connectivity index (χ1) is 12.9. The van der Waals surface area contributed by atoms with Crippen molar-refractivity contribution in [3.63, 3.8) is 0 Å². The van der Waals surface area contributed by atoms with E-state index in [1.54, 1.807) is 18.3 Å². The third-order valence-electron chi connectivity index (χ3n) is 4.87. The second kappa shape index (κ2) is 9.22. The van der Waals surface area contributed by atoms with E-state index >= 15 is 0 Å². The Balaban J connectivity index is 1.51. The van der Waals surface area contributed by atoms with Gasteiger partial charge in [-0.2, -0.15) is 5.10 Å². The number of carbonyl (C=O) groups excluding carboxylic acids is 1. The molecule has 2 aromatic rings. The first-order valence-corrected chi connectivity index (χ1v) is 10.7. The lowest BCUT2D eigenvalue weighted by Gasteiger charge is -2.27. The number of aromatic hydroxyl groups is 1. The number of nitrogens with one attached hydrogen (secondary N) is 1. The smallest absolute Gasteiger partial charge is 0.243 e. The molecule has 0 unspecified atom stereocenters. The van der Waals surface area contributed by atoms with Gasteiger partial charge in [-0.25, -0.2) is 5.43 Å². The van der Waals surface area contributed by atoms with Crippen molar-refractivity contribution in [1.29, 1.82) is 0 Å². The minimum atomic E-state index is -0.0438. The van der Waals surface area contributed by atoms with Gasteiger partial charge in [-0.3, -0.25) is 4.79 Å². The molecule has 7 heteroatoms. The molecule has 2 aromatic carbocycles. The lowest BCUT2D eigenvalue weighted by atomic mass is 9.78. The summed E-state index contributed by atoms with van der Waals surface area (Å²) in [4.78, 5) is 12.4. The van der Waals surface area contributed by atoms with Crippen molar-refractivity contribution in [2.24, 2.45) is 11.0 Å². The van der Waals surface area contributed by atoms with E-state index in [9.17, 15) is 9.90 Å². The Labute approximate surface area is 180 Å². The molecule has 1 saturated carbocycles. The Kier molecular flexibility index (Phi) is 6.95. The normalized spacial score (nSPS) is 20.0. The van der Waals surface area contributed by atoms with E-state index in [0.29, 0.717) is 14.9 Å². The zero-order valence-electron chi connectivity index (χ0n) is 14.5. The number of hydrazone groups is 1. The molecule has 4 nitrogen and oxygen atoms in total. The van der Waals surface area contributed by atoms with Crippen molar-refractivity contribution in [3.05, 3.63) is 61.5 Å². The Bertz CT molecular complexity index is 825. The molecular formula is C20H19Br2ClN2O2. The quantitative estimate of drug-likeness (QED) is 0.389. The summed E-state index contributed by atoms with van der Waals surface area (Å²) < 4.78 is 1.12. The van der Waals surface area contributed by atoms with Crippen LogP contribution < -0.4 is 5.43 Å². The van der Waals surface area contributed by atoms with Gasteiger partial charge < -0.3 is 5.11 Å². The first kappa shape index (κ1) is 20.4. The molecular weight excluding hydrogens is 495 g/mol. The SMILES string of the molecule is O=C(N/N=C/c1cc(Br)c(O)c(Br)c1)C1CCC(c2ccc(Cl)cc2)CC1. The highest BCUT2D eigenvalue weighted by atomic mass is 79.9. The fraction of sp³-hybridized carbons (Fsp3) is 0.300. The van der Waals surface area contributed by atoms with Crippen LogP contribution >= 0.6 is 43.5 Å². The van der Waals surface area contributed by atoms with Gasteiger partial charge in [0, 0.05) is 10.9 Å². The fourth-order valence-electron chi connectivity index (χ4n) is 3.35. The van der Waals surface area contributed by atoms with Crippen molar-refractivity contribution in [3.8, 4) is 5.75 Å². The van der Waals surface area contributed by atoms with Crippen LogP contribution in [0, 0.1) is 5.92 Å². The molecule has 3 rings (SSSR count). The van der Waals surface area contributed by atoms with E-state index in [0.717, 1.165) is 36.3 Å². The number of rotatable bonds is 4. The van der Waals surface area contributed by atoms with Gasteiger partial charge in [-0.15, -0.1) is 0 Å². The molecule has 0 spiro atoms. The highest BCUT2D eigenvalue weighted by Gasteiger charge is 2.26. The summed E-state index contributed by atoms with van der Waals surface area (Å²) in [5.74, 6) is 0.567. The van der Waals surface area contributed by atoms with Crippen LogP contribution in [0.5, 0.6) is 5.75 Å². The molecule has 0 radical (unpaired) electrons. The average Bonchev–Trinajstić information content (AvgIpc) is 2.66. The van der Waals surface area contributed by atoms with Crippen LogP contribution in [0.2, 0.25) is 5.02 Å². The maximum Gasteiger partial charge on any atom is 0.243 e. The third-order valence-corrected chi connectivity index (χ3v) is 6.33. The molecule has 27 heavy (non-hydrogen) atoms. The molecule has 0 saturated heterocycles. The molecule has 1 amide bonds. The third kappa shape index (κ3) is 5.33. The topological polar surface area (TPSA) is 61.7 Å². The van der Waals surface area contributed by atoms with Crippen molar-refractivity contribution >= 4 is 55.6 Å². The minimum Gasteiger partial charge on any atom is -0.506 e. The van der Waals surface area contributed by atoms with Crippen LogP contribution in [-0.4, -0.2) is 17.2 Å². The lowest BCUT2D eigenvalue weighted by molar-refractivity contribution is -0.126. The van der Waals surface area contributed by atoms with E-state index in [1.807, 2.05) is 12.1 Å². The number of hydrogen-bond donors (Lipinski definition) is 2. The summed E-state index contributed by atoms with van der Waals surface area (Å²) in [7, 11) is 0. The largest absolute Gasteiger partial charge is 0.506 e. The molecule has 0 heterocycles. The van der Waals surface area contributed by atoms with E-state index in [2.05, 4.69) is 54.5 Å². The molecule has 1 fully saturated rings. The van der Waals surface area contributed by atoms with Gasteiger partial charge in [0.2, 0.25) is 5.91 Å². The fourth-order valence-corrected chi connectivity index (χ4v) is 4.69. The molecule has 0 aromatic heterocycles. The maximum atomic E-state index is 12.4. The number of benzene rings is 2. The Hall–Kier alpha value is -1.37. The van der Waals surface area contributed by atoms with Gasteiger partial charge in [0.1, 0.15) is 5.75 Å². The number of carbonyl (C=O) groups is 1. The predicted octanol–water partition coefficient (Wildman–Crippen LogP) is 5.99. The van der Waals surface area contributed by atoms with Crippen molar-refractivity contribution < 1.29 is 9.90 Å². The second-order valence-electron chi connectivity index (χ2n) is 6.67. The standard InChI is InChI=1S/C20H19Br2ClN2O2/c21-17-9-12(10-18(22)19(17)26)11-24-25-20(27)15-3-1-13(2-4-15)14-5-7-16(23)8-6-14/h5-11,13,15,26H,1-4H2,(H,25,27)/b24-11+. The van der Waals surface area contributed by atoms with E-state index in [1.165, 1.54) is 5.56 Å². The zero-order valence-corrected chi connectivity index (χ0v) is 18.4. The van der Waals surface area contributed by atoms with Crippen molar-refractivity contribution in [2.45, 2.75) is 31.6 Å². The van der Waals surface area contributed by atoms with Gasteiger partial charge in [0.25, 0.3) is 0 Å². The van der Waals surface area contributed by atoms with E-state index in [-0.39, 0.29) is 17.6 Å². The summed E-state index contributed by atoms with van der Waals surface area (Å²) >= 11 is 12.5. The summed E-state index contributed by atoms with van der Waals surface area (Å²) in [6.45, 7) is 0. The number of phenols is 1. The van der Waals surface area contributed by atoms with Gasteiger partial charge in [-0.05, 0) is 98.9 Å². The van der Waals surface area contributed by atoms with Crippen LogP contribution in [0.15, 0.2) is 50.4 Å². The second-order valence-corrected chi connectivity index (χ2v) is 8.81. The molecule has 1 aliphatic rings. The Morgan fingerprint density at radius 1 is 1.11 bits per heavy atom. The highest BCUT2D eigenvalue weighted by Crippen LogP contribution is 2.36. The van der Waals surface area contributed by atoms with Crippen LogP contribution in [0.3, 0.4) is 0 Å². The minimum absolute atomic E-state index is 0.0102. The van der Waals surface area contributed by atoms with Gasteiger partial charge in [0.05, 0.1) is 15.2 Å². The van der Waals surface area contributed by atoms with Crippen LogP contribution in [0.25, 0.3) is 0 Å². The van der Waals surface area contributed by atoms with Gasteiger partial charge in [-0.1, -0.05) is 23.7 Å². The Morgan fingerprint density at radius 3 is 2.30 bits per heavy atom. The molecule has 0 aliphatic heterocycles. The molecule has 0 bridgehead atoms. The number of nitrogens with zero attached hydrogens (tertiary/aromatic N) is 1. The average molecular weight is 515 g/mol. The molecule has 2 N–H and O–H groups in total. The predicted molar refractivity (Wildman–Crippen MR) is 115 cm³/mol. The summed E-state index contributed by atoms with van der Waals surface area (Å²) in [5, 5.41) is 14.5. The number of hydrogen-bond acceptors (Lipinski definition) is 3. The lowest BCUT2D eigenvalue weighted by Crippen LogP contribution is -2.29. The summed E-state index contributed by atoms with van der Waals surface area (Å²) in [6.07, 6.45) is 5.24. The van der Waals surface area contributed by atoms with Crippen molar-refractivity contribution in [1.82, 2.24) is 5.43 Å². The van der Waals surface area contributed by atoms with Crippen molar-refractivity contribution in [2.75, 3.05) is 0 Å².